The molecular formula is C24H24ClN3O5. The van der Waals surface area contributed by atoms with Gasteiger partial charge < -0.3 is 25.6 Å². The first-order valence-electron chi connectivity index (χ1n) is 10.2. The molecule has 8 nitrogen and oxygen atoms in total. The molecule has 1 unspecified atom stereocenters. The van der Waals surface area contributed by atoms with E-state index in [4.69, 9.17) is 20.3 Å². The van der Waals surface area contributed by atoms with Crippen molar-refractivity contribution in [3.05, 3.63) is 78.0 Å². The third kappa shape index (κ3) is 6.21. The second-order valence-corrected chi connectivity index (χ2v) is 7.51. The molecule has 1 aromatic heterocycles. The van der Waals surface area contributed by atoms with E-state index in [1.807, 2.05) is 36.4 Å². The number of anilines is 1. The predicted octanol–water partition coefficient (Wildman–Crippen LogP) is 4.10. The number of halogens is 1. The number of rotatable bonds is 7. The fourth-order valence-corrected chi connectivity index (χ4v) is 3.48. The molecule has 4 rings (SSSR count). The fourth-order valence-electron chi connectivity index (χ4n) is 3.48. The molecule has 1 aliphatic heterocycles. The number of carboxylic acid groups (broad SMARTS) is 1. The Hall–Kier alpha value is -3.62. The zero-order valence-electron chi connectivity index (χ0n) is 17.6. The summed E-state index contributed by atoms with van der Waals surface area (Å²) in [5.74, 6) is 0.114. The molecule has 9 heteroatoms. The molecule has 3 aromatic rings. The second kappa shape index (κ2) is 10.8. The molecule has 0 spiro atoms. The van der Waals surface area contributed by atoms with Crippen LogP contribution in [0.25, 0.3) is 0 Å². The van der Waals surface area contributed by atoms with Gasteiger partial charge in [-0.2, -0.15) is 0 Å². The lowest BCUT2D eigenvalue weighted by Crippen LogP contribution is -2.37. The minimum absolute atomic E-state index is 0. The van der Waals surface area contributed by atoms with Crippen molar-refractivity contribution in [2.45, 2.75) is 31.4 Å². The Kier molecular flexibility index (Phi) is 7.87. The van der Waals surface area contributed by atoms with Gasteiger partial charge in [0.15, 0.2) is 0 Å². The average molecular weight is 470 g/mol. The molecule has 172 valence electrons. The predicted molar refractivity (Wildman–Crippen MR) is 125 cm³/mol. The Morgan fingerprint density at radius 1 is 1.18 bits per heavy atom. The fraction of sp³-hybridized carbons (Fsp3) is 0.208. The van der Waals surface area contributed by atoms with Crippen LogP contribution in [0.3, 0.4) is 0 Å². The molecule has 1 amide bonds. The maximum atomic E-state index is 11.9. The standard InChI is InChI=1S/C24H23N3O5.ClH/c25-19(13-23(28)29)24(30)27-17-7-11-22(26-14-17)31-18-8-10-21-16(12-18)6-9-20(32-21)15-4-2-1-3-5-15;/h1-5,7-8,10-12,14,19-20H,6,9,13,25H2,(H,27,30)(H,28,29);1H/t19?,20-;/m0./s1. The van der Waals surface area contributed by atoms with E-state index in [1.165, 1.54) is 11.8 Å². The number of aliphatic carboxylic acids is 1. The summed E-state index contributed by atoms with van der Waals surface area (Å²) in [5.41, 5.74) is 8.18. The van der Waals surface area contributed by atoms with Crippen molar-refractivity contribution in [2.24, 2.45) is 5.73 Å². The summed E-state index contributed by atoms with van der Waals surface area (Å²) in [4.78, 5) is 26.7. The van der Waals surface area contributed by atoms with Crippen LogP contribution in [0.15, 0.2) is 66.9 Å². The number of aryl methyl sites for hydroxylation is 1. The minimum Gasteiger partial charge on any atom is -0.485 e. The maximum Gasteiger partial charge on any atom is 0.305 e. The van der Waals surface area contributed by atoms with Crippen LogP contribution in [0.2, 0.25) is 0 Å². The number of ether oxygens (including phenoxy) is 2. The average Bonchev–Trinajstić information content (AvgIpc) is 2.80. The number of nitrogens with two attached hydrogens (primary N) is 1. The number of nitrogens with zero attached hydrogens (tertiary/aromatic N) is 1. The zero-order chi connectivity index (χ0) is 22.5. The molecule has 0 fully saturated rings. The Morgan fingerprint density at radius 2 is 1.97 bits per heavy atom. The third-order valence-electron chi connectivity index (χ3n) is 5.11. The van der Waals surface area contributed by atoms with E-state index in [9.17, 15) is 9.59 Å². The molecule has 0 saturated heterocycles. The number of aromatic nitrogens is 1. The molecule has 0 bridgehead atoms. The Bertz CT molecular complexity index is 1110. The van der Waals surface area contributed by atoms with Gasteiger partial charge >= 0.3 is 5.97 Å². The van der Waals surface area contributed by atoms with Crippen molar-refractivity contribution in [3.63, 3.8) is 0 Å². The second-order valence-electron chi connectivity index (χ2n) is 7.51. The Balaban J connectivity index is 0.00000306. The number of carbonyl (C=O) groups is 2. The number of carboxylic acids is 1. The molecule has 4 N–H and O–H groups in total. The van der Waals surface area contributed by atoms with Crippen molar-refractivity contribution in [2.75, 3.05) is 5.32 Å². The van der Waals surface area contributed by atoms with Crippen molar-refractivity contribution in [1.29, 1.82) is 0 Å². The van der Waals surface area contributed by atoms with Crippen LogP contribution in [0, 0.1) is 0 Å². The molecule has 2 heterocycles. The van der Waals surface area contributed by atoms with Crippen LogP contribution in [0.1, 0.15) is 30.1 Å². The quantitative estimate of drug-likeness (QED) is 0.475. The summed E-state index contributed by atoms with van der Waals surface area (Å²) in [6.45, 7) is 0. The molecule has 0 radical (unpaired) electrons. The third-order valence-corrected chi connectivity index (χ3v) is 5.11. The van der Waals surface area contributed by atoms with Gasteiger partial charge in [0.2, 0.25) is 11.8 Å². The highest BCUT2D eigenvalue weighted by molar-refractivity contribution is 5.96. The van der Waals surface area contributed by atoms with Gasteiger partial charge in [-0.15, -0.1) is 12.4 Å². The van der Waals surface area contributed by atoms with Gasteiger partial charge in [0.05, 0.1) is 24.3 Å². The summed E-state index contributed by atoms with van der Waals surface area (Å²) in [7, 11) is 0. The van der Waals surface area contributed by atoms with Crippen molar-refractivity contribution in [3.8, 4) is 17.4 Å². The van der Waals surface area contributed by atoms with Gasteiger partial charge in [0.25, 0.3) is 0 Å². The van der Waals surface area contributed by atoms with Gasteiger partial charge in [0.1, 0.15) is 17.6 Å². The van der Waals surface area contributed by atoms with E-state index < -0.39 is 24.3 Å². The lowest BCUT2D eigenvalue weighted by atomic mass is 9.97. The number of amides is 1. The van der Waals surface area contributed by atoms with Gasteiger partial charge in [-0.05, 0) is 48.2 Å². The van der Waals surface area contributed by atoms with Gasteiger partial charge in [-0.1, -0.05) is 30.3 Å². The van der Waals surface area contributed by atoms with Crippen LogP contribution in [-0.4, -0.2) is 28.0 Å². The molecular weight excluding hydrogens is 446 g/mol. The number of hydrogen-bond acceptors (Lipinski definition) is 6. The highest BCUT2D eigenvalue weighted by Crippen LogP contribution is 2.37. The Labute approximate surface area is 197 Å². The maximum absolute atomic E-state index is 11.9. The lowest BCUT2D eigenvalue weighted by molar-refractivity contribution is -0.138. The summed E-state index contributed by atoms with van der Waals surface area (Å²) < 4.78 is 12.0. The first-order chi connectivity index (χ1) is 15.5. The lowest BCUT2D eigenvalue weighted by Gasteiger charge is -2.26. The number of fused-ring (bicyclic) bond motifs is 1. The number of nitrogens with one attached hydrogen (secondary N) is 1. The molecule has 33 heavy (non-hydrogen) atoms. The highest BCUT2D eigenvalue weighted by atomic mass is 35.5. The first kappa shape index (κ1) is 24.0. The number of hydrogen-bond donors (Lipinski definition) is 3. The van der Waals surface area contributed by atoms with Crippen LogP contribution in [0.4, 0.5) is 5.69 Å². The Morgan fingerprint density at radius 3 is 2.67 bits per heavy atom. The topological polar surface area (TPSA) is 124 Å². The van der Waals surface area contributed by atoms with Gasteiger partial charge in [-0.25, -0.2) is 4.98 Å². The summed E-state index contributed by atoms with van der Waals surface area (Å²) in [6, 6.07) is 17.9. The van der Waals surface area contributed by atoms with E-state index >= 15 is 0 Å². The first-order valence-corrected chi connectivity index (χ1v) is 10.2. The van der Waals surface area contributed by atoms with Gasteiger partial charge in [0, 0.05) is 6.07 Å². The summed E-state index contributed by atoms with van der Waals surface area (Å²) >= 11 is 0. The van der Waals surface area contributed by atoms with Gasteiger partial charge in [-0.3, -0.25) is 9.59 Å². The monoisotopic (exact) mass is 469 g/mol. The van der Waals surface area contributed by atoms with Crippen LogP contribution < -0.4 is 20.5 Å². The summed E-state index contributed by atoms with van der Waals surface area (Å²) in [5, 5.41) is 11.3. The normalized spacial score (nSPS) is 15.2. The largest absolute Gasteiger partial charge is 0.485 e. The minimum atomic E-state index is -1.14. The van der Waals surface area contributed by atoms with E-state index in [2.05, 4.69) is 22.4 Å². The zero-order valence-corrected chi connectivity index (χ0v) is 18.5. The van der Waals surface area contributed by atoms with E-state index in [0.717, 1.165) is 24.2 Å². The van der Waals surface area contributed by atoms with E-state index in [0.29, 0.717) is 17.3 Å². The van der Waals surface area contributed by atoms with Crippen LogP contribution in [-0.2, 0) is 16.0 Å². The van der Waals surface area contributed by atoms with Crippen molar-refractivity contribution >= 4 is 30.0 Å². The van der Waals surface area contributed by atoms with E-state index in [-0.39, 0.29) is 18.5 Å². The summed E-state index contributed by atoms with van der Waals surface area (Å²) in [6.07, 6.45) is 2.78. The SMILES string of the molecule is Cl.NC(CC(=O)O)C(=O)Nc1ccc(Oc2ccc3c(c2)CC[C@@H](c2ccccc2)O3)nc1. The van der Waals surface area contributed by atoms with Crippen LogP contribution >= 0.6 is 12.4 Å². The van der Waals surface area contributed by atoms with Crippen LogP contribution in [0.5, 0.6) is 17.4 Å². The molecule has 0 aliphatic carbocycles. The van der Waals surface area contributed by atoms with Crippen molar-refractivity contribution in [1.82, 2.24) is 4.98 Å². The number of carbonyl (C=O) groups excluding carboxylic acids is 1. The molecule has 2 aromatic carbocycles. The molecule has 2 atom stereocenters. The van der Waals surface area contributed by atoms with Crippen molar-refractivity contribution < 1.29 is 24.2 Å². The highest BCUT2D eigenvalue weighted by Gasteiger charge is 2.22. The number of pyridine rings is 1. The molecule has 1 aliphatic rings. The van der Waals surface area contributed by atoms with E-state index in [1.54, 1.807) is 12.1 Å². The smallest absolute Gasteiger partial charge is 0.305 e. The number of benzene rings is 2. The molecule has 0 saturated carbocycles.